The highest BCUT2D eigenvalue weighted by Crippen LogP contribution is 2.16. The highest BCUT2D eigenvalue weighted by Gasteiger charge is 2.29. The van der Waals surface area contributed by atoms with Gasteiger partial charge in [-0.05, 0) is 12.1 Å². The van der Waals surface area contributed by atoms with Crippen molar-refractivity contribution in [2.75, 3.05) is 0 Å². The second-order valence-electron chi connectivity index (χ2n) is 4.60. The maximum atomic E-state index is 11.8. The maximum absolute atomic E-state index is 11.8. The smallest absolute Gasteiger partial charge is 0.272 e. The Balaban J connectivity index is 2.88. The average Bonchev–Trinajstić information content (AvgIpc) is 2.26. The lowest BCUT2D eigenvalue weighted by Gasteiger charge is -2.23. The highest BCUT2D eigenvalue weighted by atomic mass is 16.2. The van der Waals surface area contributed by atoms with Crippen LogP contribution in [0.15, 0.2) is 30.3 Å². The predicted molar refractivity (Wildman–Crippen MR) is 61.3 cm³/mol. The Morgan fingerprint density at radius 1 is 1.12 bits per heavy atom. The highest BCUT2D eigenvalue weighted by molar-refractivity contribution is 6.05. The van der Waals surface area contributed by atoms with Crippen molar-refractivity contribution in [2.45, 2.75) is 20.8 Å². The zero-order valence-electron chi connectivity index (χ0n) is 9.73. The molecule has 0 bridgehead atoms. The summed E-state index contributed by atoms with van der Waals surface area (Å²) in [7, 11) is 0. The molecule has 0 spiro atoms. The molecule has 0 unspecified atom stereocenters. The first-order valence-electron chi connectivity index (χ1n) is 5.02. The van der Waals surface area contributed by atoms with Gasteiger partial charge in [-0.1, -0.05) is 39.0 Å². The number of imide groups is 1. The lowest BCUT2D eigenvalue weighted by Crippen LogP contribution is -2.48. The molecule has 2 N–H and O–H groups in total. The number of rotatable bonds is 1. The number of nitrogens with two attached hydrogens (primary N) is 1. The van der Waals surface area contributed by atoms with E-state index >= 15 is 0 Å². The molecule has 0 aliphatic carbocycles. The van der Waals surface area contributed by atoms with Crippen molar-refractivity contribution in [2.24, 2.45) is 11.3 Å². The zero-order valence-corrected chi connectivity index (χ0v) is 9.73. The van der Waals surface area contributed by atoms with E-state index in [4.69, 9.17) is 5.84 Å². The minimum atomic E-state index is -0.667. The van der Waals surface area contributed by atoms with E-state index in [9.17, 15) is 9.59 Å². The fourth-order valence-electron chi connectivity index (χ4n) is 1.17. The Morgan fingerprint density at radius 2 is 1.62 bits per heavy atom. The number of benzene rings is 1. The maximum Gasteiger partial charge on any atom is 0.274 e. The van der Waals surface area contributed by atoms with Gasteiger partial charge in [0.15, 0.2) is 0 Å². The van der Waals surface area contributed by atoms with Crippen molar-refractivity contribution in [3.05, 3.63) is 35.9 Å². The topological polar surface area (TPSA) is 63.4 Å². The fourth-order valence-corrected chi connectivity index (χ4v) is 1.17. The van der Waals surface area contributed by atoms with Gasteiger partial charge >= 0.3 is 0 Å². The number of carbonyl (C=O) groups is 2. The summed E-state index contributed by atoms with van der Waals surface area (Å²) in [5.74, 6) is 4.63. The first kappa shape index (κ1) is 12.4. The molecule has 0 heterocycles. The van der Waals surface area contributed by atoms with E-state index in [1.165, 1.54) is 0 Å². The van der Waals surface area contributed by atoms with Gasteiger partial charge in [0, 0.05) is 11.0 Å². The van der Waals surface area contributed by atoms with E-state index in [1.807, 2.05) is 0 Å². The van der Waals surface area contributed by atoms with Gasteiger partial charge in [0.25, 0.3) is 5.91 Å². The molecule has 0 fully saturated rings. The quantitative estimate of drug-likeness (QED) is 0.444. The van der Waals surface area contributed by atoms with Crippen LogP contribution in [0.1, 0.15) is 31.1 Å². The summed E-state index contributed by atoms with van der Waals surface area (Å²) in [5, 5.41) is 0.676. The minimum Gasteiger partial charge on any atom is -0.272 e. The molecule has 4 nitrogen and oxygen atoms in total. The summed E-state index contributed by atoms with van der Waals surface area (Å²) < 4.78 is 0. The predicted octanol–water partition coefficient (Wildman–Crippen LogP) is 1.58. The van der Waals surface area contributed by atoms with Crippen LogP contribution in [0, 0.1) is 5.41 Å². The van der Waals surface area contributed by atoms with Crippen LogP contribution in [-0.4, -0.2) is 16.8 Å². The Bertz CT molecular complexity index is 393. The number of hydrazine groups is 1. The second kappa shape index (κ2) is 4.45. The minimum absolute atomic E-state index is 0.402. The van der Waals surface area contributed by atoms with E-state index in [1.54, 1.807) is 51.1 Å². The van der Waals surface area contributed by atoms with Gasteiger partial charge in [0.2, 0.25) is 5.91 Å². The molecular formula is C12H16N2O2. The van der Waals surface area contributed by atoms with Crippen LogP contribution in [0.5, 0.6) is 0 Å². The molecule has 0 aromatic heterocycles. The first-order valence-corrected chi connectivity index (χ1v) is 5.02. The second-order valence-corrected chi connectivity index (χ2v) is 4.60. The van der Waals surface area contributed by atoms with Gasteiger partial charge in [-0.15, -0.1) is 0 Å². The number of carbonyl (C=O) groups excluding carboxylic acids is 2. The normalized spacial score (nSPS) is 11.0. The summed E-state index contributed by atoms with van der Waals surface area (Å²) in [6.07, 6.45) is 0. The Morgan fingerprint density at radius 3 is 2.06 bits per heavy atom. The molecule has 0 aliphatic rings. The number of nitrogens with zero attached hydrogens (tertiary/aromatic N) is 1. The van der Waals surface area contributed by atoms with E-state index in [2.05, 4.69) is 0 Å². The van der Waals surface area contributed by atoms with E-state index in [-0.39, 0.29) is 0 Å². The van der Waals surface area contributed by atoms with Crippen LogP contribution in [0.3, 0.4) is 0 Å². The molecule has 0 saturated carbocycles. The van der Waals surface area contributed by atoms with Crippen LogP contribution in [0.25, 0.3) is 0 Å². The van der Waals surface area contributed by atoms with E-state index in [0.717, 1.165) is 0 Å². The fraction of sp³-hybridized carbons (Fsp3) is 0.333. The molecule has 0 aliphatic heterocycles. The van der Waals surface area contributed by atoms with Crippen molar-refractivity contribution in [1.29, 1.82) is 0 Å². The average molecular weight is 220 g/mol. The first-order chi connectivity index (χ1) is 7.34. The van der Waals surface area contributed by atoms with Crippen molar-refractivity contribution in [1.82, 2.24) is 5.01 Å². The molecular weight excluding hydrogens is 204 g/mol. The van der Waals surface area contributed by atoms with Crippen LogP contribution < -0.4 is 5.84 Å². The molecule has 0 saturated heterocycles. The summed E-state index contributed by atoms with van der Waals surface area (Å²) in [6, 6.07) is 8.49. The van der Waals surface area contributed by atoms with Gasteiger partial charge in [0.1, 0.15) is 0 Å². The van der Waals surface area contributed by atoms with Gasteiger partial charge in [-0.25, -0.2) is 10.9 Å². The molecule has 1 rings (SSSR count). The SMILES string of the molecule is CC(C)(C)C(=O)N(N)C(=O)c1ccccc1. The van der Waals surface area contributed by atoms with Crippen LogP contribution in [-0.2, 0) is 4.79 Å². The third-order valence-electron chi connectivity index (χ3n) is 2.10. The number of hydrogen-bond acceptors (Lipinski definition) is 3. The van der Waals surface area contributed by atoms with Crippen LogP contribution in [0.4, 0.5) is 0 Å². The largest absolute Gasteiger partial charge is 0.274 e. The summed E-state index contributed by atoms with van der Waals surface area (Å²) >= 11 is 0. The number of hydrogen-bond donors (Lipinski definition) is 1. The molecule has 0 atom stereocenters. The zero-order chi connectivity index (χ0) is 12.3. The molecule has 2 amide bonds. The van der Waals surface area contributed by atoms with Crippen LogP contribution in [0.2, 0.25) is 0 Å². The molecule has 1 aromatic carbocycles. The van der Waals surface area contributed by atoms with Gasteiger partial charge in [-0.2, -0.15) is 0 Å². The number of amides is 2. The Kier molecular flexibility index (Phi) is 3.44. The van der Waals surface area contributed by atoms with Crippen LogP contribution >= 0.6 is 0 Å². The summed E-state index contributed by atoms with van der Waals surface area (Å²) in [5.41, 5.74) is -0.262. The van der Waals surface area contributed by atoms with Crippen molar-refractivity contribution in [3.8, 4) is 0 Å². The Hall–Kier alpha value is -1.68. The Labute approximate surface area is 95.0 Å². The summed E-state index contributed by atoms with van der Waals surface area (Å²) in [4.78, 5) is 23.6. The van der Waals surface area contributed by atoms with Gasteiger partial charge < -0.3 is 0 Å². The standard InChI is InChI=1S/C12H16N2O2/c1-12(2,3)11(16)14(13)10(15)9-7-5-4-6-8-9/h4-8H,13H2,1-3H3. The molecule has 4 heteroatoms. The van der Waals surface area contributed by atoms with E-state index in [0.29, 0.717) is 10.6 Å². The third kappa shape index (κ3) is 2.67. The van der Waals surface area contributed by atoms with Gasteiger partial charge in [-0.3, -0.25) is 9.59 Å². The molecule has 86 valence electrons. The lowest BCUT2D eigenvalue weighted by atomic mass is 9.95. The molecule has 1 aromatic rings. The molecule has 16 heavy (non-hydrogen) atoms. The third-order valence-corrected chi connectivity index (χ3v) is 2.10. The van der Waals surface area contributed by atoms with Crippen molar-refractivity contribution < 1.29 is 9.59 Å². The summed E-state index contributed by atoms with van der Waals surface area (Å²) in [6.45, 7) is 5.15. The van der Waals surface area contributed by atoms with E-state index < -0.39 is 17.2 Å². The monoisotopic (exact) mass is 220 g/mol. The van der Waals surface area contributed by atoms with Crippen molar-refractivity contribution in [3.63, 3.8) is 0 Å². The van der Waals surface area contributed by atoms with Gasteiger partial charge in [0.05, 0.1) is 0 Å². The lowest BCUT2D eigenvalue weighted by molar-refractivity contribution is -0.136. The molecule has 0 radical (unpaired) electrons. The van der Waals surface area contributed by atoms with Crippen molar-refractivity contribution >= 4 is 11.8 Å².